The Kier molecular flexibility index (Phi) is 2.94. The molecule has 1 saturated heterocycles. The zero-order valence-electron chi connectivity index (χ0n) is 10.5. The molecule has 0 bridgehead atoms. The number of nitrogen functional groups attached to an aromatic ring is 1. The molecular weight excluding hydrogens is 260 g/mol. The van der Waals surface area contributed by atoms with E-state index in [0.29, 0.717) is 18.1 Å². The molecular formula is C13H14N4OS. The van der Waals surface area contributed by atoms with Gasteiger partial charge in [-0.2, -0.15) is 0 Å². The molecule has 0 radical (unpaired) electrons. The molecule has 1 aromatic heterocycles. The van der Waals surface area contributed by atoms with E-state index in [1.807, 2.05) is 36.1 Å². The Morgan fingerprint density at radius 2 is 2.26 bits per heavy atom. The average Bonchev–Trinajstić information content (AvgIpc) is 2.95. The number of benzene rings is 1. The zero-order chi connectivity index (χ0) is 13.4. The van der Waals surface area contributed by atoms with Crippen LogP contribution in [-0.4, -0.2) is 22.6 Å². The predicted octanol–water partition coefficient (Wildman–Crippen LogP) is 1.95. The van der Waals surface area contributed by atoms with E-state index < -0.39 is 0 Å². The van der Waals surface area contributed by atoms with Crippen LogP contribution in [0.5, 0.6) is 0 Å². The van der Waals surface area contributed by atoms with Crippen molar-refractivity contribution in [3.8, 4) is 0 Å². The van der Waals surface area contributed by atoms with Gasteiger partial charge in [0.15, 0.2) is 0 Å². The van der Waals surface area contributed by atoms with Crippen LogP contribution in [0.2, 0.25) is 0 Å². The monoisotopic (exact) mass is 274 g/mol. The summed E-state index contributed by atoms with van der Waals surface area (Å²) in [6.45, 7) is 2.67. The molecule has 6 heteroatoms. The third kappa shape index (κ3) is 2.31. The molecule has 1 fully saturated rings. The third-order valence-corrected chi connectivity index (χ3v) is 4.16. The average molecular weight is 274 g/mol. The van der Waals surface area contributed by atoms with Gasteiger partial charge in [-0.05, 0) is 24.6 Å². The minimum absolute atomic E-state index is 0.0998. The highest BCUT2D eigenvalue weighted by molar-refractivity contribution is 7.15. The standard InChI is InChI=1S/C13H14N4OS/c1-8-3-2-4-10(5-8)17-7-9(6-11(17)18)12-15-16-13(14)19-12/h2-5,9H,6-7H2,1H3,(H2,14,16). The van der Waals surface area contributed by atoms with Gasteiger partial charge in [-0.25, -0.2) is 0 Å². The van der Waals surface area contributed by atoms with E-state index in [-0.39, 0.29) is 11.8 Å². The van der Waals surface area contributed by atoms with Crippen molar-refractivity contribution in [1.29, 1.82) is 0 Å². The van der Waals surface area contributed by atoms with Crippen molar-refractivity contribution in [2.24, 2.45) is 0 Å². The van der Waals surface area contributed by atoms with E-state index in [1.165, 1.54) is 11.3 Å². The number of hydrogen-bond donors (Lipinski definition) is 1. The lowest BCUT2D eigenvalue weighted by atomic mass is 10.1. The Bertz CT molecular complexity index is 625. The maximum absolute atomic E-state index is 12.1. The first-order valence-corrected chi connectivity index (χ1v) is 6.91. The lowest BCUT2D eigenvalue weighted by molar-refractivity contribution is -0.117. The Morgan fingerprint density at radius 1 is 1.42 bits per heavy atom. The van der Waals surface area contributed by atoms with Crippen molar-refractivity contribution in [2.75, 3.05) is 17.2 Å². The van der Waals surface area contributed by atoms with Crippen LogP contribution in [0.15, 0.2) is 24.3 Å². The number of nitrogens with zero attached hydrogens (tertiary/aromatic N) is 3. The van der Waals surface area contributed by atoms with Gasteiger partial charge >= 0.3 is 0 Å². The van der Waals surface area contributed by atoms with Gasteiger partial charge in [-0.15, -0.1) is 10.2 Å². The lowest BCUT2D eigenvalue weighted by Gasteiger charge is -2.16. The normalized spacial score (nSPS) is 19.1. The van der Waals surface area contributed by atoms with E-state index in [1.54, 1.807) is 0 Å². The van der Waals surface area contributed by atoms with E-state index in [4.69, 9.17) is 5.73 Å². The topological polar surface area (TPSA) is 72.1 Å². The molecule has 1 aromatic carbocycles. The van der Waals surface area contributed by atoms with Crippen LogP contribution >= 0.6 is 11.3 Å². The largest absolute Gasteiger partial charge is 0.374 e. The summed E-state index contributed by atoms with van der Waals surface area (Å²) in [5.41, 5.74) is 7.69. The van der Waals surface area contributed by atoms with Gasteiger partial charge in [0, 0.05) is 24.6 Å². The number of nitrogens with two attached hydrogens (primary N) is 1. The van der Waals surface area contributed by atoms with E-state index in [0.717, 1.165) is 16.3 Å². The van der Waals surface area contributed by atoms with Gasteiger partial charge in [-0.1, -0.05) is 23.5 Å². The van der Waals surface area contributed by atoms with Gasteiger partial charge in [0.25, 0.3) is 0 Å². The maximum atomic E-state index is 12.1. The molecule has 19 heavy (non-hydrogen) atoms. The van der Waals surface area contributed by atoms with Crippen LogP contribution in [0.25, 0.3) is 0 Å². The molecule has 1 aliphatic heterocycles. The number of amides is 1. The summed E-state index contributed by atoms with van der Waals surface area (Å²) in [5, 5.41) is 9.16. The summed E-state index contributed by atoms with van der Waals surface area (Å²) in [5.74, 6) is 0.229. The molecule has 1 atom stereocenters. The summed E-state index contributed by atoms with van der Waals surface area (Å²) in [6, 6.07) is 7.97. The quantitative estimate of drug-likeness (QED) is 0.908. The Hall–Kier alpha value is -1.95. The van der Waals surface area contributed by atoms with Crippen LogP contribution < -0.4 is 10.6 Å². The van der Waals surface area contributed by atoms with E-state index in [2.05, 4.69) is 10.2 Å². The van der Waals surface area contributed by atoms with Crippen LogP contribution in [0.1, 0.15) is 22.9 Å². The van der Waals surface area contributed by atoms with Crippen molar-refractivity contribution in [2.45, 2.75) is 19.3 Å². The second kappa shape index (κ2) is 4.62. The second-order valence-electron chi connectivity index (χ2n) is 4.72. The highest BCUT2D eigenvalue weighted by atomic mass is 32.1. The van der Waals surface area contributed by atoms with Gasteiger partial charge in [-0.3, -0.25) is 4.79 Å². The van der Waals surface area contributed by atoms with Crippen LogP contribution in [0, 0.1) is 6.92 Å². The first-order chi connectivity index (χ1) is 9.13. The van der Waals surface area contributed by atoms with Crippen LogP contribution in [0.4, 0.5) is 10.8 Å². The summed E-state index contributed by atoms with van der Waals surface area (Å²) in [6.07, 6.45) is 0.475. The molecule has 0 aliphatic carbocycles. The molecule has 0 spiro atoms. The van der Waals surface area contributed by atoms with Crippen molar-refractivity contribution in [1.82, 2.24) is 10.2 Å². The van der Waals surface area contributed by atoms with Gasteiger partial charge in [0.1, 0.15) is 5.01 Å². The number of aryl methyl sites for hydroxylation is 1. The minimum Gasteiger partial charge on any atom is -0.374 e. The Morgan fingerprint density at radius 3 is 2.95 bits per heavy atom. The van der Waals surface area contributed by atoms with Gasteiger partial charge in [0.05, 0.1) is 0 Å². The Balaban J connectivity index is 1.84. The summed E-state index contributed by atoms with van der Waals surface area (Å²) in [4.78, 5) is 13.9. The fraction of sp³-hybridized carbons (Fsp3) is 0.308. The summed E-state index contributed by atoms with van der Waals surface area (Å²) >= 11 is 1.36. The first kappa shape index (κ1) is 12.1. The highest BCUT2D eigenvalue weighted by Gasteiger charge is 2.33. The third-order valence-electron chi connectivity index (χ3n) is 3.24. The molecule has 1 aliphatic rings. The van der Waals surface area contributed by atoms with E-state index >= 15 is 0 Å². The van der Waals surface area contributed by atoms with Crippen LogP contribution in [-0.2, 0) is 4.79 Å². The van der Waals surface area contributed by atoms with Crippen molar-refractivity contribution >= 4 is 28.1 Å². The van der Waals surface area contributed by atoms with E-state index in [9.17, 15) is 4.79 Å². The number of carbonyl (C=O) groups excluding carboxylic acids is 1. The summed E-state index contributed by atoms with van der Waals surface area (Å²) < 4.78 is 0. The van der Waals surface area contributed by atoms with Crippen molar-refractivity contribution in [3.63, 3.8) is 0 Å². The highest BCUT2D eigenvalue weighted by Crippen LogP contribution is 2.33. The lowest BCUT2D eigenvalue weighted by Crippen LogP contribution is -2.24. The first-order valence-electron chi connectivity index (χ1n) is 6.09. The second-order valence-corrected chi connectivity index (χ2v) is 5.76. The number of anilines is 2. The molecule has 2 aromatic rings. The molecule has 0 saturated carbocycles. The molecule has 2 heterocycles. The molecule has 1 amide bonds. The Labute approximate surface area is 115 Å². The SMILES string of the molecule is Cc1cccc(N2CC(c3nnc(N)s3)CC2=O)c1. The maximum Gasteiger partial charge on any atom is 0.227 e. The zero-order valence-corrected chi connectivity index (χ0v) is 11.4. The predicted molar refractivity (Wildman–Crippen MR) is 75.2 cm³/mol. The fourth-order valence-corrected chi connectivity index (χ4v) is 3.03. The number of carbonyl (C=O) groups is 1. The molecule has 98 valence electrons. The molecule has 1 unspecified atom stereocenters. The van der Waals surface area contributed by atoms with Gasteiger partial charge in [0.2, 0.25) is 11.0 Å². The van der Waals surface area contributed by atoms with Gasteiger partial charge < -0.3 is 10.6 Å². The number of aromatic nitrogens is 2. The fourth-order valence-electron chi connectivity index (χ4n) is 2.33. The van der Waals surface area contributed by atoms with Crippen molar-refractivity contribution in [3.05, 3.63) is 34.8 Å². The smallest absolute Gasteiger partial charge is 0.227 e. The van der Waals surface area contributed by atoms with Crippen LogP contribution in [0.3, 0.4) is 0 Å². The minimum atomic E-state index is 0.0998. The molecule has 3 rings (SSSR count). The molecule has 5 nitrogen and oxygen atoms in total. The van der Waals surface area contributed by atoms with Crippen molar-refractivity contribution < 1.29 is 4.79 Å². The number of rotatable bonds is 2. The summed E-state index contributed by atoms with van der Waals surface area (Å²) in [7, 11) is 0. The molecule has 2 N–H and O–H groups in total. The number of hydrogen-bond acceptors (Lipinski definition) is 5.